The molecule has 1 aliphatic heterocycles. The molecule has 0 atom stereocenters. The van der Waals surface area contributed by atoms with Crippen molar-refractivity contribution in [1.29, 1.82) is 0 Å². The van der Waals surface area contributed by atoms with Gasteiger partial charge in [-0.2, -0.15) is 0 Å². The number of para-hydroxylation sites is 1. The van der Waals surface area contributed by atoms with E-state index in [0.717, 1.165) is 49.2 Å². The number of rotatable bonds is 9. The second kappa shape index (κ2) is 12.0. The predicted octanol–water partition coefficient (Wildman–Crippen LogP) is 4.47. The highest BCUT2D eigenvalue weighted by atomic mass is 19.1. The van der Waals surface area contributed by atoms with E-state index in [1.807, 2.05) is 30.3 Å². The topological polar surface area (TPSA) is 95.5 Å². The zero-order chi connectivity index (χ0) is 27.2. The van der Waals surface area contributed by atoms with Crippen molar-refractivity contribution in [2.24, 2.45) is 0 Å². The molecule has 0 saturated carbocycles. The van der Waals surface area contributed by atoms with Crippen LogP contribution in [0.4, 0.5) is 27.4 Å². The van der Waals surface area contributed by atoms with Crippen molar-refractivity contribution in [2.75, 3.05) is 62.0 Å². The average molecular weight is 528 g/mol. The molecule has 200 valence electrons. The molecule has 1 amide bonds. The van der Waals surface area contributed by atoms with Crippen molar-refractivity contribution in [3.05, 3.63) is 79.5 Å². The minimum absolute atomic E-state index is 0.295. The maximum atomic E-state index is 15.1. The number of benzene rings is 2. The molecule has 1 saturated heterocycles. The number of carbonyl (C=O) groups is 1. The van der Waals surface area contributed by atoms with Gasteiger partial charge in [0.25, 0.3) is 0 Å². The molecule has 9 nitrogen and oxygen atoms in total. The minimum atomic E-state index is -0.316. The lowest BCUT2D eigenvalue weighted by Crippen LogP contribution is -2.47. The van der Waals surface area contributed by atoms with E-state index >= 15 is 4.39 Å². The summed E-state index contributed by atoms with van der Waals surface area (Å²) in [7, 11) is 1.70. The molecule has 0 bridgehead atoms. The number of aromatic nitrogens is 3. The molecular weight excluding hydrogens is 497 g/mol. The van der Waals surface area contributed by atoms with Crippen molar-refractivity contribution >= 4 is 39.8 Å². The van der Waals surface area contributed by atoms with E-state index < -0.39 is 0 Å². The van der Waals surface area contributed by atoms with Crippen molar-refractivity contribution in [2.45, 2.75) is 0 Å². The number of nitrogens with one attached hydrogen (secondary N) is 2. The SMILES string of the molecule is C=CC(=O)Nc1cncc(-c2cccc3cnc(Nc4ccc(N5CCN(CCOC)CC5)c(F)c4)nc23)c1. The van der Waals surface area contributed by atoms with Gasteiger partial charge in [-0.1, -0.05) is 24.8 Å². The van der Waals surface area contributed by atoms with E-state index in [4.69, 9.17) is 9.72 Å². The van der Waals surface area contributed by atoms with Gasteiger partial charge in [-0.25, -0.2) is 14.4 Å². The number of anilines is 4. The molecule has 0 radical (unpaired) electrons. The second-order valence-electron chi connectivity index (χ2n) is 9.21. The zero-order valence-electron chi connectivity index (χ0n) is 21.7. The van der Waals surface area contributed by atoms with Crippen LogP contribution in [-0.2, 0) is 9.53 Å². The predicted molar refractivity (Wildman–Crippen MR) is 152 cm³/mol. The summed E-state index contributed by atoms with van der Waals surface area (Å²) in [5.41, 5.74) is 4.00. The first-order valence-corrected chi connectivity index (χ1v) is 12.7. The number of halogens is 1. The Morgan fingerprint density at radius 1 is 1.10 bits per heavy atom. The Morgan fingerprint density at radius 3 is 2.72 bits per heavy atom. The van der Waals surface area contributed by atoms with Gasteiger partial charge in [-0.3, -0.25) is 14.7 Å². The number of nitrogens with zero attached hydrogens (tertiary/aromatic N) is 5. The summed E-state index contributed by atoms with van der Waals surface area (Å²) < 4.78 is 20.3. The molecule has 10 heteroatoms. The van der Waals surface area contributed by atoms with Crippen LogP contribution in [0, 0.1) is 5.82 Å². The van der Waals surface area contributed by atoms with Gasteiger partial charge >= 0.3 is 0 Å². The average Bonchev–Trinajstić information content (AvgIpc) is 2.96. The van der Waals surface area contributed by atoms with E-state index in [2.05, 4.69) is 37.0 Å². The normalized spacial score (nSPS) is 13.8. The maximum Gasteiger partial charge on any atom is 0.247 e. The van der Waals surface area contributed by atoms with Gasteiger partial charge in [0.15, 0.2) is 0 Å². The van der Waals surface area contributed by atoms with Crippen LogP contribution in [0.1, 0.15) is 0 Å². The van der Waals surface area contributed by atoms with Crippen LogP contribution in [0.3, 0.4) is 0 Å². The standard InChI is InChI=1S/C29H30FN7O2/c1-3-27(38)33-23-15-21(17-31-19-23)24-6-4-5-20-18-32-29(35-28(20)24)34-22-7-8-26(25(30)16-22)37-11-9-36(10-12-37)13-14-39-2/h3-8,15-19H,1,9-14H2,2H3,(H,33,38)(H,32,34,35). The quantitative estimate of drug-likeness (QED) is 0.308. The van der Waals surface area contributed by atoms with Gasteiger partial charge in [0.2, 0.25) is 11.9 Å². The van der Waals surface area contributed by atoms with Crippen LogP contribution in [0.25, 0.3) is 22.0 Å². The second-order valence-corrected chi connectivity index (χ2v) is 9.21. The molecule has 1 aliphatic rings. The Labute approximate surface area is 226 Å². The summed E-state index contributed by atoms with van der Waals surface area (Å²) in [6, 6.07) is 12.7. The molecule has 0 aliphatic carbocycles. The van der Waals surface area contributed by atoms with E-state index in [1.54, 1.807) is 31.8 Å². The summed E-state index contributed by atoms with van der Waals surface area (Å²) in [5, 5.41) is 6.70. The Hall–Kier alpha value is -4.41. The summed E-state index contributed by atoms with van der Waals surface area (Å²) >= 11 is 0. The fraction of sp³-hybridized carbons (Fsp3) is 0.241. The lowest BCUT2D eigenvalue weighted by molar-refractivity contribution is -0.111. The number of fused-ring (bicyclic) bond motifs is 1. The van der Waals surface area contributed by atoms with Crippen LogP contribution in [0.2, 0.25) is 0 Å². The van der Waals surface area contributed by atoms with Crippen molar-refractivity contribution < 1.29 is 13.9 Å². The number of hydrogen-bond donors (Lipinski definition) is 2. The maximum absolute atomic E-state index is 15.1. The molecular formula is C29H30FN7O2. The third kappa shape index (κ3) is 6.19. The first kappa shape index (κ1) is 26.2. The Kier molecular flexibility index (Phi) is 8.04. The molecule has 0 spiro atoms. The zero-order valence-corrected chi connectivity index (χ0v) is 21.7. The molecule has 39 heavy (non-hydrogen) atoms. The number of piperazine rings is 1. The largest absolute Gasteiger partial charge is 0.383 e. The van der Waals surface area contributed by atoms with Gasteiger partial charge in [-0.05, 0) is 30.3 Å². The molecule has 2 aromatic carbocycles. The highest BCUT2D eigenvalue weighted by Crippen LogP contribution is 2.30. The van der Waals surface area contributed by atoms with Crippen LogP contribution in [0.5, 0.6) is 0 Å². The Bertz CT molecular complexity index is 1490. The molecule has 2 N–H and O–H groups in total. The molecule has 5 rings (SSSR count). The lowest BCUT2D eigenvalue weighted by Gasteiger charge is -2.36. The number of methoxy groups -OCH3 is 1. The van der Waals surface area contributed by atoms with E-state index in [1.165, 1.54) is 12.1 Å². The van der Waals surface area contributed by atoms with Crippen LogP contribution < -0.4 is 15.5 Å². The van der Waals surface area contributed by atoms with Gasteiger partial charge < -0.3 is 20.3 Å². The van der Waals surface area contributed by atoms with E-state index in [9.17, 15) is 4.79 Å². The third-order valence-electron chi connectivity index (χ3n) is 6.64. The molecule has 4 aromatic rings. The van der Waals surface area contributed by atoms with E-state index in [-0.39, 0.29) is 11.7 Å². The highest BCUT2D eigenvalue weighted by molar-refractivity contribution is 6.00. The van der Waals surface area contributed by atoms with Gasteiger partial charge in [0, 0.05) is 74.4 Å². The summed E-state index contributed by atoms with van der Waals surface area (Å²) in [4.78, 5) is 29.5. The number of ether oxygens (including phenoxy) is 1. The number of pyridine rings is 1. The smallest absolute Gasteiger partial charge is 0.247 e. The minimum Gasteiger partial charge on any atom is -0.383 e. The number of hydrogen-bond acceptors (Lipinski definition) is 8. The van der Waals surface area contributed by atoms with Crippen molar-refractivity contribution in [3.63, 3.8) is 0 Å². The molecule has 0 unspecified atom stereocenters. The van der Waals surface area contributed by atoms with Crippen molar-refractivity contribution in [3.8, 4) is 11.1 Å². The summed E-state index contributed by atoms with van der Waals surface area (Å²) in [5.74, 6) is -0.266. The number of amides is 1. The monoisotopic (exact) mass is 527 g/mol. The third-order valence-corrected chi connectivity index (χ3v) is 6.64. The molecule has 3 heterocycles. The van der Waals surface area contributed by atoms with Crippen molar-refractivity contribution in [1.82, 2.24) is 19.9 Å². The van der Waals surface area contributed by atoms with E-state index in [0.29, 0.717) is 35.1 Å². The van der Waals surface area contributed by atoms with Crippen LogP contribution in [0.15, 0.2) is 73.7 Å². The highest BCUT2D eigenvalue weighted by Gasteiger charge is 2.19. The Morgan fingerprint density at radius 2 is 1.95 bits per heavy atom. The number of carbonyl (C=O) groups excluding carboxylic acids is 1. The molecule has 2 aromatic heterocycles. The van der Waals surface area contributed by atoms with Crippen LogP contribution in [-0.4, -0.2) is 72.2 Å². The first-order chi connectivity index (χ1) is 19.0. The van der Waals surface area contributed by atoms with Gasteiger partial charge in [-0.15, -0.1) is 0 Å². The fourth-order valence-corrected chi connectivity index (χ4v) is 4.60. The van der Waals surface area contributed by atoms with Crippen LogP contribution >= 0.6 is 0 Å². The lowest BCUT2D eigenvalue weighted by atomic mass is 10.0. The summed E-state index contributed by atoms with van der Waals surface area (Å²) in [6.45, 7) is 8.33. The first-order valence-electron chi connectivity index (χ1n) is 12.7. The fourth-order valence-electron chi connectivity index (χ4n) is 4.60. The van der Waals surface area contributed by atoms with Gasteiger partial charge in [0.05, 0.1) is 29.7 Å². The van der Waals surface area contributed by atoms with Gasteiger partial charge in [0.1, 0.15) is 5.82 Å². The summed E-state index contributed by atoms with van der Waals surface area (Å²) in [6.07, 6.45) is 6.20. The Balaban J connectivity index is 1.34. The molecule has 1 fully saturated rings.